The van der Waals surface area contributed by atoms with E-state index in [1.165, 1.54) is 57.8 Å². The molecule has 3 heteroatoms. The van der Waals surface area contributed by atoms with Crippen LogP contribution >= 0.6 is 0 Å². The second-order valence-corrected chi connectivity index (χ2v) is 8.08. The Labute approximate surface area is 121 Å². The van der Waals surface area contributed by atoms with Crippen LogP contribution in [0.25, 0.3) is 0 Å². The lowest BCUT2D eigenvalue weighted by atomic mass is 10.00. The summed E-state index contributed by atoms with van der Waals surface area (Å²) in [6.07, 6.45) is 12.0. The topological polar surface area (TPSA) is 29.1 Å². The lowest BCUT2D eigenvalue weighted by molar-refractivity contribution is 0.385. The van der Waals surface area contributed by atoms with Gasteiger partial charge in [-0.1, -0.05) is 32.6 Å². The van der Waals surface area contributed by atoms with Crippen LogP contribution < -0.4 is 5.32 Å². The summed E-state index contributed by atoms with van der Waals surface area (Å²) >= 11 is 0. The van der Waals surface area contributed by atoms with Gasteiger partial charge in [-0.2, -0.15) is 0 Å². The van der Waals surface area contributed by atoms with Crippen LogP contribution in [0.3, 0.4) is 0 Å². The van der Waals surface area contributed by atoms with Crippen molar-refractivity contribution >= 4 is 10.8 Å². The third-order valence-corrected chi connectivity index (χ3v) is 6.46. The molecule has 0 aromatic heterocycles. The van der Waals surface area contributed by atoms with Gasteiger partial charge in [-0.25, -0.2) is 0 Å². The largest absolute Gasteiger partial charge is 0.313 e. The molecule has 0 aromatic carbocycles. The minimum absolute atomic E-state index is 0.518. The van der Waals surface area contributed by atoms with Crippen LogP contribution in [0.1, 0.15) is 64.7 Å². The Morgan fingerprint density at radius 1 is 1.11 bits per heavy atom. The molecule has 0 radical (unpaired) electrons. The third-order valence-electron chi connectivity index (χ3n) is 4.89. The van der Waals surface area contributed by atoms with Crippen molar-refractivity contribution in [2.24, 2.45) is 11.8 Å². The first-order valence-corrected chi connectivity index (χ1v) is 9.86. The minimum atomic E-state index is -0.602. The molecule has 0 saturated heterocycles. The Kier molecular flexibility index (Phi) is 6.86. The highest BCUT2D eigenvalue weighted by Gasteiger charge is 2.27. The molecular weight excluding hydrogens is 254 g/mol. The van der Waals surface area contributed by atoms with Gasteiger partial charge in [0.25, 0.3) is 0 Å². The maximum atomic E-state index is 12.4. The van der Waals surface area contributed by atoms with E-state index in [9.17, 15) is 4.21 Å². The first-order chi connectivity index (χ1) is 9.29. The van der Waals surface area contributed by atoms with Gasteiger partial charge in [-0.05, 0) is 50.5 Å². The van der Waals surface area contributed by atoms with E-state index in [4.69, 9.17) is 0 Å². The highest BCUT2D eigenvalue weighted by Crippen LogP contribution is 2.29. The maximum Gasteiger partial charge on any atom is 0.0391 e. The molecule has 2 aliphatic carbocycles. The van der Waals surface area contributed by atoms with Gasteiger partial charge >= 0.3 is 0 Å². The van der Waals surface area contributed by atoms with Crippen molar-refractivity contribution in [3.63, 3.8) is 0 Å². The van der Waals surface area contributed by atoms with E-state index in [1.54, 1.807) is 0 Å². The van der Waals surface area contributed by atoms with E-state index in [1.807, 2.05) is 0 Å². The van der Waals surface area contributed by atoms with Crippen LogP contribution in [0.4, 0.5) is 0 Å². The zero-order valence-electron chi connectivity index (χ0n) is 12.5. The molecule has 2 saturated carbocycles. The van der Waals surface area contributed by atoms with Crippen molar-refractivity contribution < 1.29 is 4.21 Å². The molecule has 19 heavy (non-hydrogen) atoms. The fraction of sp³-hybridized carbons (Fsp3) is 1.00. The molecule has 2 fully saturated rings. The van der Waals surface area contributed by atoms with Gasteiger partial charge in [0.05, 0.1) is 0 Å². The molecule has 0 aromatic rings. The van der Waals surface area contributed by atoms with Crippen molar-refractivity contribution in [3.05, 3.63) is 0 Å². The van der Waals surface area contributed by atoms with Crippen LogP contribution in [0, 0.1) is 11.8 Å². The summed E-state index contributed by atoms with van der Waals surface area (Å²) in [5, 5.41) is 3.67. The predicted octanol–water partition coefficient (Wildman–Crippen LogP) is 3.48. The van der Waals surface area contributed by atoms with Crippen LogP contribution in [-0.2, 0) is 10.8 Å². The Hall–Kier alpha value is 0.110. The Morgan fingerprint density at radius 3 is 2.37 bits per heavy atom. The summed E-state index contributed by atoms with van der Waals surface area (Å²) in [6.45, 7) is 3.30. The van der Waals surface area contributed by atoms with Gasteiger partial charge in [0.15, 0.2) is 0 Å². The molecular formula is C16H31NOS. The van der Waals surface area contributed by atoms with E-state index in [2.05, 4.69) is 12.2 Å². The molecule has 2 unspecified atom stereocenters. The van der Waals surface area contributed by atoms with E-state index < -0.39 is 10.8 Å². The zero-order valence-corrected chi connectivity index (χ0v) is 13.4. The molecule has 2 nitrogen and oxygen atoms in total. The molecule has 2 atom stereocenters. The Morgan fingerprint density at radius 2 is 1.74 bits per heavy atom. The first kappa shape index (κ1) is 15.5. The first-order valence-electron chi connectivity index (χ1n) is 8.38. The summed E-state index contributed by atoms with van der Waals surface area (Å²) in [6, 6.07) is 0.518. The summed E-state index contributed by atoms with van der Waals surface area (Å²) in [5.41, 5.74) is 0. The van der Waals surface area contributed by atoms with Crippen LogP contribution in [-0.4, -0.2) is 28.3 Å². The minimum Gasteiger partial charge on any atom is -0.313 e. The lowest BCUT2D eigenvalue weighted by Crippen LogP contribution is -2.40. The highest BCUT2D eigenvalue weighted by atomic mass is 32.2. The predicted molar refractivity (Wildman–Crippen MR) is 83.9 cm³/mol. The van der Waals surface area contributed by atoms with Crippen molar-refractivity contribution in [1.29, 1.82) is 0 Å². The van der Waals surface area contributed by atoms with Gasteiger partial charge in [-0.3, -0.25) is 4.21 Å². The van der Waals surface area contributed by atoms with Crippen LogP contribution in [0.5, 0.6) is 0 Å². The summed E-state index contributed by atoms with van der Waals surface area (Å²) in [7, 11) is -0.602. The SMILES string of the molecule is CCCNC(CS(=O)CC1CCCC1)C1CCCC1. The number of rotatable bonds is 8. The van der Waals surface area contributed by atoms with E-state index in [0.717, 1.165) is 29.9 Å². The smallest absolute Gasteiger partial charge is 0.0391 e. The van der Waals surface area contributed by atoms with Gasteiger partial charge in [0, 0.05) is 28.3 Å². The van der Waals surface area contributed by atoms with Crippen LogP contribution in [0.15, 0.2) is 0 Å². The highest BCUT2D eigenvalue weighted by molar-refractivity contribution is 7.85. The fourth-order valence-electron chi connectivity index (χ4n) is 3.76. The molecule has 0 spiro atoms. The summed E-state index contributed by atoms with van der Waals surface area (Å²) in [5.74, 6) is 3.42. The van der Waals surface area contributed by atoms with Gasteiger partial charge in [0.1, 0.15) is 0 Å². The van der Waals surface area contributed by atoms with E-state index in [-0.39, 0.29) is 0 Å². The summed E-state index contributed by atoms with van der Waals surface area (Å²) in [4.78, 5) is 0. The normalized spacial score (nSPS) is 24.9. The zero-order chi connectivity index (χ0) is 13.5. The number of hydrogen-bond acceptors (Lipinski definition) is 2. The Balaban J connectivity index is 1.77. The number of hydrogen-bond donors (Lipinski definition) is 1. The molecule has 112 valence electrons. The molecule has 2 rings (SSSR count). The Bertz CT molecular complexity index is 270. The monoisotopic (exact) mass is 285 g/mol. The maximum absolute atomic E-state index is 12.4. The molecule has 2 aliphatic rings. The van der Waals surface area contributed by atoms with Crippen molar-refractivity contribution in [1.82, 2.24) is 5.32 Å². The molecule has 0 heterocycles. The standard InChI is InChI=1S/C16H31NOS/c1-2-11-17-16(15-9-5-6-10-15)13-19(18)12-14-7-3-4-8-14/h14-17H,2-13H2,1H3. The fourth-order valence-corrected chi connectivity index (χ4v) is 5.55. The average molecular weight is 285 g/mol. The molecule has 0 aliphatic heterocycles. The van der Waals surface area contributed by atoms with Crippen molar-refractivity contribution in [2.75, 3.05) is 18.1 Å². The van der Waals surface area contributed by atoms with Crippen LogP contribution in [0.2, 0.25) is 0 Å². The second kappa shape index (κ2) is 8.41. The number of nitrogens with one attached hydrogen (secondary N) is 1. The van der Waals surface area contributed by atoms with E-state index >= 15 is 0 Å². The van der Waals surface area contributed by atoms with Crippen molar-refractivity contribution in [3.8, 4) is 0 Å². The van der Waals surface area contributed by atoms with Gasteiger partial charge < -0.3 is 5.32 Å². The van der Waals surface area contributed by atoms with Gasteiger partial charge in [-0.15, -0.1) is 0 Å². The third kappa shape index (κ3) is 5.18. The molecule has 1 N–H and O–H groups in total. The van der Waals surface area contributed by atoms with Crippen molar-refractivity contribution in [2.45, 2.75) is 70.8 Å². The molecule has 0 bridgehead atoms. The average Bonchev–Trinajstić information content (AvgIpc) is 3.06. The second-order valence-electron chi connectivity index (χ2n) is 6.53. The quantitative estimate of drug-likeness (QED) is 0.740. The summed E-state index contributed by atoms with van der Waals surface area (Å²) < 4.78 is 12.4. The van der Waals surface area contributed by atoms with Gasteiger partial charge in [0.2, 0.25) is 0 Å². The van der Waals surface area contributed by atoms with E-state index in [0.29, 0.717) is 6.04 Å². The molecule has 0 amide bonds. The lowest BCUT2D eigenvalue weighted by Gasteiger charge is -2.25.